The maximum Gasteiger partial charge on any atom is 0.311 e. The fourth-order valence-electron chi connectivity index (χ4n) is 1.79. The predicted molar refractivity (Wildman–Crippen MR) is 72.7 cm³/mol. The first kappa shape index (κ1) is 14.7. The molecule has 0 saturated carbocycles. The molecule has 0 radical (unpaired) electrons. The zero-order valence-electron chi connectivity index (χ0n) is 10.6. The van der Waals surface area contributed by atoms with E-state index in [2.05, 4.69) is 9.97 Å². The number of nitrogens with one attached hydrogen (secondary N) is 1. The summed E-state index contributed by atoms with van der Waals surface area (Å²) in [7, 11) is 1.38. The number of nitrogens with zero attached hydrogens (tertiary/aromatic N) is 2. The number of fused-ring (bicyclic) bond motifs is 1. The normalized spacial score (nSPS) is 14.6. The van der Waals surface area contributed by atoms with Crippen LogP contribution >= 0.6 is 11.3 Å². The predicted octanol–water partition coefficient (Wildman–Crippen LogP) is -1.38. The Balaban J connectivity index is 2.51. The zero-order chi connectivity index (χ0) is 14.9. The van der Waals surface area contributed by atoms with Crippen LogP contribution in [0.1, 0.15) is 12.6 Å². The number of aliphatic hydroxyl groups is 2. The Kier molecular flexibility index (Phi) is 4.18. The molecule has 0 aliphatic carbocycles. The molecule has 2 rings (SSSR count). The summed E-state index contributed by atoms with van der Waals surface area (Å²) in [6.07, 6.45) is -1.93. The number of anilines is 1. The summed E-state index contributed by atoms with van der Waals surface area (Å²) < 4.78 is 5.98. The number of aliphatic hydroxyl groups excluding tert-OH is 2. The molecule has 0 saturated heterocycles. The van der Waals surface area contributed by atoms with Crippen molar-refractivity contribution in [2.45, 2.75) is 18.8 Å². The van der Waals surface area contributed by atoms with Crippen LogP contribution in [0.25, 0.3) is 10.3 Å². The van der Waals surface area contributed by atoms with Crippen molar-refractivity contribution in [1.29, 1.82) is 0 Å². The quantitative estimate of drug-likeness (QED) is 0.532. The lowest BCUT2D eigenvalue weighted by Gasteiger charge is -2.17. The second-order valence-corrected chi connectivity index (χ2v) is 5.06. The van der Waals surface area contributed by atoms with Gasteiger partial charge in [0.05, 0.1) is 12.7 Å². The first-order valence-electron chi connectivity index (χ1n) is 5.70. The first-order valence-corrected chi connectivity index (χ1v) is 6.52. The molecule has 0 aromatic carbocycles. The lowest BCUT2D eigenvalue weighted by Crippen LogP contribution is -2.27. The highest BCUT2D eigenvalue weighted by Gasteiger charge is 2.21. The van der Waals surface area contributed by atoms with Crippen molar-refractivity contribution in [3.8, 4) is 0 Å². The third kappa shape index (κ3) is 2.58. The smallest absolute Gasteiger partial charge is 0.311 e. The number of hydrogen-bond acceptors (Lipinski definition) is 8. The van der Waals surface area contributed by atoms with Gasteiger partial charge in [0.1, 0.15) is 10.9 Å². The molecule has 10 heteroatoms. The largest absolute Gasteiger partial charge is 0.394 e. The second kappa shape index (κ2) is 5.71. The number of nitrogen functional groups attached to an aromatic ring is 1. The summed E-state index contributed by atoms with van der Waals surface area (Å²) in [5.41, 5.74) is 4.91. The Bertz CT molecular complexity index is 716. The molecule has 0 spiro atoms. The topological polar surface area (TPSA) is 143 Å². The van der Waals surface area contributed by atoms with Gasteiger partial charge in [-0.05, 0) is 0 Å². The number of aromatic nitrogens is 3. The van der Waals surface area contributed by atoms with Crippen LogP contribution in [-0.4, -0.2) is 44.6 Å². The number of hydrogen-bond donors (Lipinski definition) is 4. The van der Waals surface area contributed by atoms with Gasteiger partial charge in [0, 0.05) is 13.5 Å². The number of aromatic amines is 1. The standard InChI is InChI=1S/C10H14N4O5S/c1-19-4(3-15)2-5(16)14-7-6(20-10(14)18)8(17)13-9(11)12-7/h4-5,15-16H,2-3H2,1H3,(H3,11,12,13,17)/t4?,5-/m1/s1. The van der Waals surface area contributed by atoms with Crippen molar-refractivity contribution in [3.05, 3.63) is 20.0 Å². The summed E-state index contributed by atoms with van der Waals surface area (Å²) in [6, 6.07) is 0. The minimum atomic E-state index is -1.28. The van der Waals surface area contributed by atoms with Gasteiger partial charge in [-0.15, -0.1) is 0 Å². The monoisotopic (exact) mass is 302 g/mol. The van der Waals surface area contributed by atoms with Crippen molar-refractivity contribution >= 4 is 27.6 Å². The van der Waals surface area contributed by atoms with Crippen LogP contribution in [0.5, 0.6) is 0 Å². The fourth-order valence-corrected chi connectivity index (χ4v) is 2.65. The third-order valence-corrected chi connectivity index (χ3v) is 3.74. The summed E-state index contributed by atoms with van der Waals surface area (Å²) >= 11 is 0.667. The minimum Gasteiger partial charge on any atom is -0.394 e. The van der Waals surface area contributed by atoms with E-state index < -0.39 is 22.8 Å². The van der Waals surface area contributed by atoms with E-state index in [-0.39, 0.29) is 29.3 Å². The molecular formula is C10H14N4O5S. The summed E-state index contributed by atoms with van der Waals surface area (Å²) in [6.45, 7) is -0.305. The highest BCUT2D eigenvalue weighted by molar-refractivity contribution is 7.16. The van der Waals surface area contributed by atoms with E-state index in [1.807, 2.05) is 0 Å². The van der Waals surface area contributed by atoms with Gasteiger partial charge in [-0.25, -0.2) is 0 Å². The lowest BCUT2D eigenvalue weighted by molar-refractivity contribution is -0.0118. The van der Waals surface area contributed by atoms with Gasteiger partial charge in [0.15, 0.2) is 5.65 Å². The Morgan fingerprint density at radius 1 is 1.55 bits per heavy atom. The average Bonchev–Trinajstić information content (AvgIpc) is 2.72. The van der Waals surface area contributed by atoms with Crippen LogP contribution in [0, 0.1) is 0 Å². The molecule has 2 aromatic rings. The Morgan fingerprint density at radius 3 is 2.85 bits per heavy atom. The Labute approximate surface area is 116 Å². The molecule has 2 heterocycles. The van der Waals surface area contributed by atoms with Gasteiger partial charge in [-0.1, -0.05) is 11.3 Å². The molecule has 0 aliphatic rings. The van der Waals surface area contributed by atoms with Crippen molar-refractivity contribution in [2.24, 2.45) is 0 Å². The number of thiazole rings is 1. The SMILES string of the molecule is COC(CO)C[C@@H](O)n1c(=O)sc2c(=O)[nH]c(N)nc21. The van der Waals surface area contributed by atoms with Crippen molar-refractivity contribution in [2.75, 3.05) is 19.5 Å². The molecule has 0 fully saturated rings. The van der Waals surface area contributed by atoms with E-state index in [9.17, 15) is 14.7 Å². The third-order valence-electron chi connectivity index (χ3n) is 2.80. The Hall–Kier alpha value is -1.75. The molecule has 110 valence electrons. The van der Waals surface area contributed by atoms with Gasteiger partial charge in [-0.2, -0.15) is 4.98 Å². The summed E-state index contributed by atoms with van der Waals surface area (Å²) in [5.74, 6) is -0.147. The van der Waals surface area contributed by atoms with Crippen molar-refractivity contribution in [3.63, 3.8) is 0 Å². The van der Waals surface area contributed by atoms with E-state index in [1.165, 1.54) is 7.11 Å². The number of ether oxygens (including phenoxy) is 1. The van der Waals surface area contributed by atoms with Gasteiger partial charge in [0.25, 0.3) is 5.56 Å². The van der Waals surface area contributed by atoms with Gasteiger partial charge in [-0.3, -0.25) is 19.1 Å². The molecular weight excluding hydrogens is 288 g/mol. The summed E-state index contributed by atoms with van der Waals surface area (Å²) in [5, 5.41) is 19.1. The number of nitrogens with two attached hydrogens (primary N) is 1. The zero-order valence-corrected chi connectivity index (χ0v) is 11.4. The van der Waals surface area contributed by atoms with E-state index in [1.54, 1.807) is 0 Å². The van der Waals surface area contributed by atoms with Crippen molar-refractivity contribution < 1.29 is 14.9 Å². The van der Waals surface area contributed by atoms with E-state index >= 15 is 0 Å². The van der Waals surface area contributed by atoms with Crippen molar-refractivity contribution in [1.82, 2.24) is 14.5 Å². The first-order chi connectivity index (χ1) is 9.47. The molecule has 9 nitrogen and oxygen atoms in total. The Morgan fingerprint density at radius 2 is 2.25 bits per heavy atom. The van der Waals surface area contributed by atoms with Crippen LogP contribution < -0.4 is 16.2 Å². The van der Waals surface area contributed by atoms with E-state index in [4.69, 9.17) is 15.6 Å². The van der Waals surface area contributed by atoms with E-state index in [0.29, 0.717) is 11.3 Å². The molecule has 0 aliphatic heterocycles. The minimum absolute atomic E-state index is 0.0153. The molecule has 5 N–H and O–H groups in total. The number of methoxy groups -OCH3 is 1. The molecule has 1 unspecified atom stereocenters. The highest BCUT2D eigenvalue weighted by Crippen LogP contribution is 2.18. The number of rotatable bonds is 5. The maximum absolute atomic E-state index is 11.9. The van der Waals surface area contributed by atoms with Gasteiger partial charge in [0.2, 0.25) is 5.95 Å². The molecule has 0 bridgehead atoms. The number of H-pyrrole nitrogens is 1. The molecule has 2 atom stereocenters. The molecule has 20 heavy (non-hydrogen) atoms. The van der Waals surface area contributed by atoms with Gasteiger partial charge < -0.3 is 20.7 Å². The van der Waals surface area contributed by atoms with E-state index in [0.717, 1.165) is 4.57 Å². The fraction of sp³-hybridized carbons (Fsp3) is 0.500. The molecule has 2 aromatic heterocycles. The van der Waals surface area contributed by atoms with Crippen LogP contribution in [-0.2, 0) is 4.74 Å². The highest BCUT2D eigenvalue weighted by atomic mass is 32.1. The maximum atomic E-state index is 11.9. The van der Waals surface area contributed by atoms with Crippen LogP contribution in [0.2, 0.25) is 0 Å². The lowest BCUT2D eigenvalue weighted by atomic mass is 10.2. The second-order valence-electron chi connectivity index (χ2n) is 4.10. The van der Waals surface area contributed by atoms with Crippen LogP contribution in [0.3, 0.4) is 0 Å². The van der Waals surface area contributed by atoms with Crippen LogP contribution in [0.4, 0.5) is 5.95 Å². The summed E-state index contributed by atoms with van der Waals surface area (Å²) in [4.78, 5) is 29.2. The van der Waals surface area contributed by atoms with Crippen LogP contribution in [0.15, 0.2) is 9.59 Å². The average molecular weight is 302 g/mol. The van der Waals surface area contributed by atoms with Gasteiger partial charge >= 0.3 is 4.87 Å². The molecule has 0 amide bonds.